The van der Waals surface area contributed by atoms with Crippen LogP contribution >= 0.6 is 0 Å². The van der Waals surface area contributed by atoms with Gasteiger partial charge < -0.3 is 29.8 Å². The Morgan fingerprint density at radius 3 is 2.55 bits per heavy atom. The Morgan fingerprint density at radius 1 is 1.30 bits per heavy atom. The first-order valence-corrected chi connectivity index (χ1v) is 10.9. The van der Waals surface area contributed by atoms with E-state index in [4.69, 9.17) is 9.84 Å². The molecule has 1 aromatic carbocycles. The number of carbonyl (C=O) groups excluding carboxylic acids is 2. The number of rotatable bonds is 6. The number of nitrogens with zero attached hydrogens (tertiary/aromatic N) is 2. The van der Waals surface area contributed by atoms with E-state index in [9.17, 15) is 18.4 Å². The zero-order chi connectivity index (χ0) is 24.8. The van der Waals surface area contributed by atoms with Crippen LogP contribution < -0.4 is 10.6 Å². The van der Waals surface area contributed by atoms with Gasteiger partial charge in [0.05, 0.1) is 25.5 Å². The van der Waals surface area contributed by atoms with Crippen LogP contribution in [0.5, 0.6) is 0 Å². The van der Waals surface area contributed by atoms with Gasteiger partial charge in [0, 0.05) is 25.3 Å². The lowest BCUT2D eigenvalue weighted by Crippen LogP contribution is -2.26. The number of hydrogen-bond acceptors (Lipinski definition) is 6. The third kappa shape index (κ3) is 9.37. The SMILES string of the molecule is CC(C)C.CNCCO.O=CCNC(=O)c1nc(-c2ccc(F)c(F)c2)n2c1COCCC2. The summed E-state index contributed by atoms with van der Waals surface area (Å²) in [4.78, 5) is 26.9. The summed E-state index contributed by atoms with van der Waals surface area (Å²) in [5.74, 6) is -1.24. The lowest BCUT2D eigenvalue weighted by Gasteiger charge is -2.08. The van der Waals surface area contributed by atoms with Gasteiger partial charge in [-0.1, -0.05) is 20.8 Å². The molecule has 10 heteroatoms. The Bertz CT molecular complexity index is 883. The van der Waals surface area contributed by atoms with Gasteiger partial charge in [-0.25, -0.2) is 13.8 Å². The minimum Gasteiger partial charge on any atom is -0.395 e. The molecule has 2 aromatic rings. The van der Waals surface area contributed by atoms with E-state index in [-0.39, 0.29) is 25.5 Å². The number of carbonyl (C=O) groups is 2. The van der Waals surface area contributed by atoms with Crippen molar-refractivity contribution in [1.29, 1.82) is 0 Å². The van der Waals surface area contributed by atoms with E-state index in [0.29, 0.717) is 49.5 Å². The summed E-state index contributed by atoms with van der Waals surface area (Å²) in [6.07, 6.45) is 1.27. The van der Waals surface area contributed by atoms with Gasteiger partial charge in [0.25, 0.3) is 5.91 Å². The minimum absolute atomic E-state index is 0.124. The average molecular weight is 469 g/mol. The van der Waals surface area contributed by atoms with Gasteiger partial charge in [-0.05, 0) is 37.6 Å². The van der Waals surface area contributed by atoms with Crippen molar-refractivity contribution in [2.75, 3.05) is 33.4 Å². The highest BCUT2D eigenvalue weighted by Crippen LogP contribution is 2.26. The number of benzene rings is 1. The van der Waals surface area contributed by atoms with Crippen molar-refractivity contribution in [3.8, 4) is 11.4 Å². The molecule has 1 amide bonds. The Hall–Kier alpha value is -2.69. The van der Waals surface area contributed by atoms with Crippen molar-refractivity contribution in [3.63, 3.8) is 0 Å². The summed E-state index contributed by atoms with van der Waals surface area (Å²) in [5, 5.41) is 13.2. The second-order valence-corrected chi connectivity index (χ2v) is 7.85. The molecule has 1 aliphatic rings. The van der Waals surface area contributed by atoms with E-state index < -0.39 is 17.5 Å². The van der Waals surface area contributed by atoms with E-state index >= 15 is 0 Å². The molecule has 1 aromatic heterocycles. The molecular formula is C23H34F2N4O4. The Balaban J connectivity index is 0.000000517. The average Bonchev–Trinajstić information content (AvgIpc) is 2.96. The molecule has 0 saturated carbocycles. The summed E-state index contributed by atoms with van der Waals surface area (Å²) in [7, 11) is 1.80. The second kappa shape index (κ2) is 15.2. The number of aldehydes is 1. The topological polar surface area (TPSA) is 105 Å². The van der Waals surface area contributed by atoms with Crippen LogP contribution in [0.3, 0.4) is 0 Å². The van der Waals surface area contributed by atoms with Gasteiger partial charge >= 0.3 is 0 Å². The second-order valence-electron chi connectivity index (χ2n) is 7.85. The van der Waals surface area contributed by atoms with Crippen molar-refractivity contribution in [1.82, 2.24) is 20.2 Å². The molecule has 0 aliphatic carbocycles. The number of aliphatic hydroxyl groups excluding tert-OH is 1. The first kappa shape index (κ1) is 28.3. The van der Waals surface area contributed by atoms with E-state index in [2.05, 4.69) is 36.4 Å². The molecule has 8 nitrogen and oxygen atoms in total. The number of fused-ring (bicyclic) bond motifs is 1. The van der Waals surface area contributed by atoms with E-state index in [1.807, 2.05) is 0 Å². The largest absolute Gasteiger partial charge is 0.395 e. The predicted molar refractivity (Wildman–Crippen MR) is 122 cm³/mol. The highest BCUT2D eigenvalue weighted by atomic mass is 19.2. The number of halogens is 2. The number of likely N-dealkylation sites (N-methyl/N-ethyl adjacent to an activating group) is 1. The third-order valence-electron chi connectivity index (χ3n) is 4.08. The monoisotopic (exact) mass is 468 g/mol. The lowest BCUT2D eigenvalue weighted by molar-refractivity contribution is -0.107. The molecule has 0 spiro atoms. The normalized spacial score (nSPS) is 12.5. The quantitative estimate of drug-likeness (QED) is 0.563. The molecule has 1 aliphatic heterocycles. The Kier molecular flexibility index (Phi) is 13.1. The fourth-order valence-electron chi connectivity index (χ4n) is 2.73. The van der Waals surface area contributed by atoms with Gasteiger partial charge in [-0.15, -0.1) is 0 Å². The Labute approximate surface area is 193 Å². The molecule has 0 saturated heterocycles. The van der Waals surface area contributed by atoms with Gasteiger partial charge in [-0.2, -0.15) is 0 Å². The maximum absolute atomic E-state index is 13.6. The first-order valence-electron chi connectivity index (χ1n) is 10.9. The lowest BCUT2D eigenvalue weighted by atomic mass is 10.2. The van der Waals surface area contributed by atoms with Crippen molar-refractivity contribution in [2.24, 2.45) is 5.92 Å². The van der Waals surface area contributed by atoms with E-state index in [1.165, 1.54) is 6.07 Å². The molecule has 0 radical (unpaired) electrons. The highest BCUT2D eigenvalue weighted by Gasteiger charge is 2.25. The van der Waals surface area contributed by atoms with Gasteiger partial charge in [0.15, 0.2) is 17.3 Å². The molecule has 0 fully saturated rings. The van der Waals surface area contributed by atoms with Crippen LogP contribution in [0.25, 0.3) is 11.4 Å². The highest BCUT2D eigenvalue weighted by molar-refractivity contribution is 5.95. The van der Waals surface area contributed by atoms with Crippen molar-refractivity contribution in [3.05, 3.63) is 41.2 Å². The molecule has 0 unspecified atom stereocenters. The van der Waals surface area contributed by atoms with Crippen LogP contribution in [-0.2, 0) is 22.7 Å². The first-order chi connectivity index (χ1) is 15.8. The number of aliphatic hydroxyl groups is 1. The fourth-order valence-corrected chi connectivity index (χ4v) is 2.73. The number of hydrogen-bond donors (Lipinski definition) is 3. The van der Waals surface area contributed by atoms with Gasteiger partial charge in [0.1, 0.15) is 12.1 Å². The number of nitrogens with one attached hydrogen (secondary N) is 2. The number of ether oxygens (including phenoxy) is 1. The third-order valence-corrected chi connectivity index (χ3v) is 4.08. The molecule has 3 N–H and O–H groups in total. The van der Waals surface area contributed by atoms with Gasteiger partial charge in [0.2, 0.25) is 0 Å². The molecule has 33 heavy (non-hydrogen) atoms. The maximum Gasteiger partial charge on any atom is 0.272 e. The van der Waals surface area contributed by atoms with Crippen LogP contribution in [0.15, 0.2) is 18.2 Å². The number of aromatic nitrogens is 2. The fraction of sp³-hybridized carbons (Fsp3) is 0.522. The molecule has 0 atom stereocenters. The summed E-state index contributed by atoms with van der Waals surface area (Å²) in [6.45, 7) is 8.54. The summed E-state index contributed by atoms with van der Waals surface area (Å²) in [5.41, 5.74) is 1.04. The van der Waals surface area contributed by atoms with Crippen molar-refractivity contribution < 1.29 is 28.2 Å². The van der Waals surface area contributed by atoms with E-state index in [0.717, 1.165) is 18.1 Å². The molecule has 0 bridgehead atoms. The minimum atomic E-state index is -0.985. The predicted octanol–water partition coefficient (Wildman–Crippen LogP) is 2.54. The molecule has 2 heterocycles. The van der Waals surface area contributed by atoms with Crippen LogP contribution in [0.4, 0.5) is 8.78 Å². The number of amides is 1. The Morgan fingerprint density at radius 2 is 2.00 bits per heavy atom. The zero-order valence-electron chi connectivity index (χ0n) is 19.7. The summed E-state index contributed by atoms with van der Waals surface area (Å²) >= 11 is 0. The van der Waals surface area contributed by atoms with Gasteiger partial charge in [-0.3, -0.25) is 4.79 Å². The van der Waals surface area contributed by atoms with Crippen LogP contribution in [0.2, 0.25) is 0 Å². The summed E-state index contributed by atoms with van der Waals surface area (Å²) < 4.78 is 34.0. The maximum atomic E-state index is 13.6. The van der Waals surface area contributed by atoms with Crippen molar-refractivity contribution >= 4 is 12.2 Å². The smallest absolute Gasteiger partial charge is 0.272 e. The standard InChI is InChI=1S/C16H15F2N3O3.C4H10.C3H9NO/c17-11-3-2-10(8-12(11)18)15-20-14(16(23)19-4-6-22)13-9-24-7-1-5-21(13)15;1-4(2)3;1-4-2-3-5/h2-3,6,8H,1,4-5,7,9H2,(H,19,23);4H,1-3H3;4-5H,2-3H2,1H3. The van der Waals surface area contributed by atoms with Crippen LogP contribution in [-0.4, -0.2) is 60.2 Å². The van der Waals surface area contributed by atoms with Crippen LogP contribution in [0.1, 0.15) is 43.4 Å². The molecule has 184 valence electrons. The molecule has 3 rings (SSSR count). The van der Waals surface area contributed by atoms with Crippen LogP contribution in [0, 0.1) is 17.6 Å². The van der Waals surface area contributed by atoms with Crippen molar-refractivity contribution in [2.45, 2.75) is 40.3 Å². The summed E-state index contributed by atoms with van der Waals surface area (Å²) in [6, 6.07) is 3.47. The molecular weight excluding hydrogens is 434 g/mol. The number of imidazole rings is 1. The van der Waals surface area contributed by atoms with E-state index in [1.54, 1.807) is 11.6 Å². The zero-order valence-corrected chi connectivity index (χ0v) is 19.7.